The van der Waals surface area contributed by atoms with Crippen molar-refractivity contribution in [3.05, 3.63) is 51.8 Å². The summed E-state index contributed by atoms with van der Waals surface area (Å²) in [5.41, 5.74) is -0.754. The second-order valence-electron chi connectivity index (χ2n) is 9.23. The molecule has 0 radical (unpaired) electrons. The molecule has 0 aliphatic heterocycles. The van der Waals surface area contributed by atoms with Gasteiger partial charge in [0.05, 0.1) is 22.9 Å². The first kappa shape index (κ1) is 26.4. The second kappa shape index (κ2) is 11.9. The molecule has 1 aromatic rings. The van der Waals surface area contributed by atoms with E-state index in [4.69, 9.17) is 9.72 Å². The number of esters is 1. The number of rotatable bonds is 11. The van der Waals surface area contributed by atoms with Crippen LogP contribution in [0.2, 0.25) is 0 Å². The van der Waals surface area contributed by atoms with Crippen LogP contribution in [0.3, 0.4) is 0 Å². The molecule has 1 aliphatic rings. The van der Waals surface area contributed by atoms with E-state index in [0.29, 0.717) is 54.8 Å². The van der Waals surface area contributed by atoms with Gasteiger partial charge >= 0.3 is 5.97 Å². The average Bonchev–Trinajstić information content (AvgIpc) is 2.76. The van der Waals surface area contributed by atoms with E-state index in [0.717, 1.165) is 0 Å². The van der Waals surface area contributed by atoms with Crippen LogP contribution >= 0.6 is 0 Å². The van der Waals surface area contributed by atoms with Crippen molar-refractivity contribution >= 4 is 23.9 Å². The third kappa shape index (κ3) is 7.34. The molecular formula is C26H35FN2O4. The van der Waals surface area contributed by atoms with E-state index in [1.807, 2.05) is 27.7 Å². The summed E-state index contributed by atoms with van der Waals surface area (Å²) in [6.07, 6.45) is 10.0. The van der Waals surface area contributed by atoms with Crippen LogP contribution in [0.25, 0.3) is 12.2 Å². The van der Waals surface area contributed by atoms with E-state index in [2.05, 4.69) is 6.58 Å². The number of ketones is 1. The maximum absolute atomic E-state index is 13.4. The number of carbonyl (C=O) groups excluding carboxylic acids is 2. The standard InChI is InChI=1S/C26H35FN2O4/c1-6-19(11-10-16-27)29-23(12-8-9-13-24(31)33-26(3,4)5)28-21-17-18(22(30)7-2)14-15-20(21)25(29)32/h6,10,15-19H,1,7-9,11-14H2,2-5H3/b16-10+. The van der Waals surface area contributed by atoms with Gasteiger partial charge in [0.25, 0.3) is 5.56 Å². The second-order valence-corrected chi connectivity index (χ2v) is 9.23. The third-order valence-corrected chi connectivity index (χ3v) is 5.47. The Morgan fingerprint density at radius 3 is 2.70 bits per heavy atom. The first-order valence-electron chi connectivity index (χ1n) is 11.6. The van der Waals surface area contributed by atoms with Gasteiger partial charge in [0.2, 0.25) is 0 Å². The summed E-state index contributed by atoms with van der Waals surface area (Å²) in [5.74, 6) is 0.0994. The van der Waals surface area contributed by atoms with Gasteiger partial charge in [-0.15, -0.1) is 6.58 Å². The van der Waals surface area contributed by atoms with Crippen LogP contribution < -0.4 is 16.1 Å². The lowest BCUT2D eigenvalue weighted by Gasteiger charge is -2.21. The number of fused-ring (bicyclic) bond motifs is 1. The maximum Gasteiger partial charge on any atom is 0.306 e. The zero-order chi connectivity index (χ0) is 24.6. The first-order chi connectivity index (χ1) is 15.6. The summed E-state index contributed by atoms with van der Waals surface area (Å²) >= 11 is 0. The van der Waals surface area contributed by atoms with Gasteiger partial charge in [-0.3, -0.25) is 19.0 Å². The van der Waals surface area contributed by atoms with Gasteiger partial charge in [-0.1, -0.05) is 25.2 Å². The molecule has 2 atom stereocenters. The summed E-state index contributed by atoms with van der Waals surface area (Å²) in [5, 5.41) is 0.976. The van der Waals surface area contributed by atoms with Crippen molar-refractivity contribution in [3.8, 4) is 0 Å². The lowest BCUT2D eigenvalue weighted by atomic mass is 9.94. The normalized spacial score (nSPS) is 16.5. The molecule has 1 heterocycles. The fourth-order valence-corrected chi connectivity index (χ4v) is 3.88. The predicted molar refractivity (Wildman–Crippen MR) is 128 cm³/mol. The first-order valence-corrected chi connectivity index (χ1v) is 11.6. The van der Waals surface area contributed by atoms with E-state index in [1.54, 1.807) is 22.8 Å². The Kier molecular flexibility index (Phi) is 9.50. The topological polar surface area (TPSA) is 78.3 Å². The molecule has 7 heteroatoms. The van der Waals surface area contributed by atoms with Crippen molar-refractivity contribution in [3.63, 3.8) is 0 Å². The molecule has 1 aromatic heterocycles. The Morgan fingerprint density at radius 1 is 1.36 bits per heavy atom. The highest BCUT2D eigenvalue weighted by molar-refractivity contribution is 5.87. The summed E-state index contributed by atoms with van der Waals surface area (Å²) in [6, 6.07) is -0.452. The lowest BCUT2D eigenvalue weighted by Crippen LogP contribution is -2.51. The van der Waals surface area contributed by atoms with Crippen molar-refractivity contribution in [2.75, 3.05) is 0 Å². The molecule has 0 saturated heterocycles. The minimum atomic E-state index is -0.530. The van der Waals surface area contributed by atoms with Gasteiger partial charge in [-0.05, 0) is 52.5 Å². The van der Waals surface area contributed by atoms with Crippen LogP contribution in [0.15, 0.2) is 29.9 Å². The molecule has 2 unspecified atom stereocenters. The third-order valence-electron chi connectivity index (χ3n) is 5.47. The van der Waals surface area contributed by atoms with Gasteiger partial charge < -0.3 is 4.74 Å². The van der Waals surface area contributed by atoms with Crippen LogP contribution in [-0.4, -0.2) is 26.9 Å². The van der Waals surface area contributed by atoms with Gasteiger partial charge in [0, 0.05) is 25.2 Å². The summed E-state index contributed by atoms with van der Waals surface area (Å²) in [6.45, 7) is 11.1. The highest BCUT2D eigenvalue weighted by atomic mass is 19.1. The predicted octanol–water partition coefficient (Wildman–Crippen LogP) is 3.46. The quantitative estimate of drug-likeness (QED) is 0.288. The number of hydrogen-bond acceptors (Lipinski definition) is 5. The SMILES string of the molecule is C=CC(C/C=C/F)n1c(CCCCC(=O)OC(C)(C)C)nc2c(c1=O)=CCC(C(=O)CC)C=2. The lowest BCUT2D eigenvalue weighted by molar-refractivity contribution is -0.154. The molecule has 0 spiro atoms. The Labute approximate surface area is 194 Å². The molecule has 2 rings (SSSR count). The van der Waals surface area contributed by atoms with Crippen molar-refractivity contribution in [2.24, 2.45) is 5.92 Å². The van der Waals surface area contributed by atoms with Crippen molar-refractivity contribution in [2.45, 2.75) is 84.3 Å². The average molecular weight is 459 g/mol. The maximum atomic E-state index is 13.4. The Balaban J connectivity index is 2.37. The summed E-state index contributed by atoms with van der Waals surface area (Å²) in [4.78, 5) is 42.3. The monoisotopic (exact) mass is 458 g/mol. The number of hydrogen-bond donors (Lipinski definition) is 0. The number of nitrogens with zero attached hydrogens (tertiary/aromatic N) is 2. The number of Topliss-reactive ketones (excluding diaryl/α,β-unsaturated/α-hetero) is 1. The van der Waals surface area contributed by atoms with Gasteiger partial charge in [0.15, 0.2) is 0 Å². The van der Waals surface area contributed by atoms with Gasteiger partial charge in [0.1, 0.15) is 17.2 Å². The number of unbranched alkanes of at least 4 members (excludes halogenated alkanes) is 1. The fraction of sp³-hybridized carbons (Fsp3) is 0.538. The van der Waals surface area contributed by atoms with Crippen LogP contribution in [-0.2, 0) is 20.7 Å². The van der Waals surface area contributed by atoms with E-state index in [9.17, 15) is 18.8 Å². The highest BCUT2D eigenvalue weighted by Gasteiger charge is 2.21. The Hall–Kier alpha value is -2.83. The Bertz CT molecular complexity index is 1080. The smallest absolute Gasteiger partial charge is 0.306 e. The van der Waals surface area contributed by atoms with Crippen molar-refractivity contribution in [1.29, 1.82) is 0 Å². The largest absolute Gasteiger partial charge is 0.460 e. The van der Waals surface area contributed by atoms with E-state index in [-0.39, 0.29) is 36.1 Å². The number of aryl methyl sites for hydroxylation is 1. The molecule has 0 saturated carbocycles. The number of halogens is 1. The summed E-state index contributed by atoms with van der Waals surface area (Å²) < 4.78 is 19.6. The van der Waals surface area contributed by atoms with E-state index < -0.39 is 11.6 Å². The molecule has 180 valence electrons. The Morgan fingerprint density at radius 2 is 2.09 bits per heavy atom. The molecule has 0 bridgehead atoms. The number of allylic oxidation sites excluding steroid dienone is 2. The molecule has 1 aliphatic carbocycles. The summed E-state index contributed by atoms with van der Waals surface area (Å²) in [7, 11) is 0. The highest BCUT2D eigenvalue weighted by Crippen LogP contribution is 2.16. The van der Waals surface area contributed by atoms with E-state index in [1.165, 1.54) is 6.08 Å². The minimum absolute atomic E-state index is 0.110. The molecule has 6 nitrogen and oxygen atoms in total. The van der Waals surface area contributed by atoms with Crippen LogP contribution in [0.4, 0.5) is 4.39 Å². The minimum Gasteiger partial charge on any atom is -0.460 e. The van der Waals surface area contributed by atoms with Crippen LogP contribution in [0.1, 0.15) is 78.1 Å². The zero-order valence-electron chi connectivity index (χ0n) is 20.1. The fourth-order valence-electron chi connectivity index (χ4n) is 3.88. The van der Waals surface area contributed by atoms with Crippen LogP contribution in [0.5, 0.6) is 0 Å². The molecule has 0 fully saturated rings. The van der Waals surface area contributed by atoms with Crippen molar-refractivity contribution < 1.29 is 18.7 Å². The zero-order valence-corrected chi connectivity index (χ0v) is 20.1. The molecule has 0 N–H and O–H groups in total. The van der Waals surface area contributed by atoms with Gasteiger partial charge in [-0.25, -0.2) is 9.37 Å². The van der Waals surface area contributed by atoms with Crippen molar-refractivity contribution in [1.82, 2.24) is 9.55 Å². The number of ether oxygens (including phenoxy) is 1. The van der Waals surface area contributed by atoms with E-state index >= 15 is 0 Å². The van der Waals surface area contributed by atoms with Crippen LogP contribution in [0, 0.1) is 5.92 Å². The molecule has 33 heavy (non-hydrogen) atoms. The molecular weight excluding hydrogens is 423 g/mol. The van der Waals surface area contributed by atoms with Gasteiger partial charge in [-0.2, -0.15) is 0 Å². The molecule has 0 aromatic carbocycles. The number of carbonyl (C=O) groups is 2. The molecule has 0 amide bonds. The number of aromatic nitrogens is 2.